The zero-order valence-corrected chi connectivity index (χ0v) is 7.32. The van der Waals surface area contributed by atoms with Crippen LogP contribution < -0.4 is 0 Å². The summed E-state index contributed by atoms with van der Waals surface area (Å²) in [7, 11) is 0. The van der Waals surface area contributed by atoms with Crippen LogP contribution in [0.5, 0.6) is 0 Å². The minimum absolute atomic E-state index is 0.183. The van der Waals surface area contributed by atoms with Gasteiger partial charge < -0.3 is 4.74 Å². The maximum atomic E-state index is 13.4. The molecule has 0 radical (unpaired) electrons. The highest BCUT2D eigenvalue weighted by Gasteiger charge is 2.35. The van der Waals surface area contributed by atoms with Crippen LogP contribution in [0, 0.1) is 0 Å². The second kappa shape index (κ2) is 4.31. The molecular weight excluding hydrogens is 147 g/mol. The van der Waals surface area contributed by atoms with Crippen LogP contribution in [0.4, 0.5) is 4.39 Å². The summed E-state index contributed by atoms with van der Waals surface area (Å²) in [5.41, 5.74) is -1.77. The van der Waals surface area contributed by atoms with E-state index >= 15 is 0 Å². The lowest BCUT2D eigenvalue weighted by Gasteiger charge is -2.18. The number of esters is 1. The minimum Gasteiger partial charge on any atom is -0.464 e. The highest BCUT2D eigenvalue weighted by molar-refractivity contribution is 5.79. The average Bonchev–Trinajstić information content (AvgIpc) is 2.03. The number of carbonyl (C=O) groups is 1. The monoisotopic (exact) mass is 162 g/mol. The zero-order chi connectivity index (χ0) is 8.91. The van der Waals surface area contributed by atoms with Gasteiger partial charge in [-0.2, -0.15) is 0 Å². The van der Waals surface area contributed by atoms with Crippen molar-refractivity contribution in [2.24, 2.45) is 0 Å². The summed E-state index contributed by atoms with van der Waals surface area (Å²) >= 11 is 0. The molecule has 0 aliphatic carbocycles. The van der Waals surface area contributed by atoms with E-state index in [9.17, 15) is 9.18 Å². The summed E-state index contributed by atoms with van der Waals surface area (Å²) in [5, 5.41) is 0. The summed E-state index contributed by atoms with van der Waals surface area (Å²) in [6.45, 7) is 5.19. The second-order valence-corrected chi connectivity index (χ2v) is 2.39. The molecule has 3 heteroatoms. The van der Waals surface area contributed by atoms with Gasteiger partial charge in [-0.1, -0.05) is 13.8 Å². The largest absolute Gasteiger partial charge is 0.464 e. The fourth-order valence-corrected chi connectivity index (χ4v) is 0.799. The van der Waals surface area contributed by atoms with E-state index in [1.807, 2.05) is 0 Å². The zero-order valence-electron chi connectivity index (χ0n) is 7.32. The van der Waals surface area contributed by atoms with Crippen LogP contribution in [-0.2, 0) is 9.53 Å². The Balaban J connectivity index is 4.12. The van der Waals surface area contributed by atoms with Gasteiger partial charge in [0.15, 0.2) is 0 Å². The molecule has 0 N–H and O–H groups in total. The number of halogens is 1. The molecule has 0 saturated heterocycles. The van der Waals surface area contributed by atoms with Crippen molar-refractivity contribution in [2.45, 2.75) is 39.3 Å². The van der Waals surface area contributed by atoms with Crippen molar-refractivity contribution in [3.05, 3.63) is 0 Å². The first-order valence-electron chi connectivity index (χ1n) is 3.96. The molecule has 0 rings (SSSR count). The Hall–Kier alpha value is -0.600. The summed E-state index contributed by atoms with van der Waals surface area (Å²) in [4.78, 5) is 10.9. The number of hydrogen-bond donors (Lipinski definition) is 0. The maximum Gasteiger partial charge on any atom is 0.343 e. The van der Waals surface area contributed by atoms with Gasteiger partial charge in [0.05, 0.1) is 6.61 Å². The Bertz CT molecular complexity index is 130. The highest BCUT2D eigenvalue weighted by atomic mass is 19.1. The van der Waals surface area contributed by atoms with Gasteiger partial charge in [0.25, 0.3) is 0 Å². The molecule has 2 nitrogen and oxygen atoms in total. The van der Waals surface area contributed by atoms with Crippen LogP contribution in [0.2, 0.25) is 0 Å². The molecule has 0 amide bonds. The topological polar surface area (TPSA) is 26.3 Å². The number of alkyl halides is 1. The first-order chi connectivity index (χ1) is 5.10. The molecular formula is C8H15FO2. The van der Waals surface area contributed by atoms with Crippen molar-refractivity contribution in [1.29, 1.82) is 0 Å². The van der Waals surface area contributed by atoms with Crippen LogP contribution >= 0.6 is 0 Å². The molecule has 0 aromatic carbocycles. The normalized spacial score (nSPS) is 11.3. The van der Waals surface area contributed by atoms with Crippen molar-refractivity contribution in [3.8, 4) is 0 Å². The third kappa shape index (κ3) is 2.48. The molecule has 0 aliphatic heterocycles. The lowest BCUT2D eigenvalue weighted by Crippen LogP contribution is -2.34. The molecule has 0 aliphatic rings. The molecule has 0 aromatic rings. The van der Waals surface area contributed by atoms with E-state index in [2.05, 4.69) is 4.74 Å². The summed E-state index contributed by atoms with van der Waals surface area (Å²) in [6.07, 6.45) is 0.366. The molecule has 0 aromatic heterocycles. The van der Waals surface area contributed by atoms with E-state index < -0.39 is 11.6 Å². The van der Waals surface area contributed by atoms with E-state index in [1.165, 1.54) is 0 Å². The van der Waals surface area contributed by atoms with Crippen molar-refractivity contribution < 1.29 is 13.9 Å². The SMILES string of the molecule is CCOC(=O)C(F)(CC)CC. The molecule has 0 fully saturated rings. The van der Waals surface area contributed by atoms with Crippen molar-refractivity contribution in [1.82, 2.24) is 0 Å². The van der Waals surface area contributed by atoms with Gasteiger partial charge >= 0.3 is 5.97 Å². The first kappa shape index (κ1) is 10.4. The Kier molecular flexibility index (Phi) is 4.08. The van der Waals surface area contributed by atoms with E-state index in [0.717, 1.165) is 0 Å². The predicted molar refractivity (Wildman–Crippen MR) is 41.1 cm³/mol. The Morgan fingerprint density at radius 2 is 1.82 bits per heavy atom. The lowest BCUT2D eigenvalue weighted by atomic mass is 10.0. The number of carbonyl (C=O) groups excluding carboxylic acids is 1. The fraction of sp³-hybridized carbons (Fsp3) is 0.875. The quantitative estimate of drug-likeness (QED) is 0.591. The third-order valence-electron chi connectivity index (χ3n) is 1.76. The van der Waals surface area contributed by atoms with Gasteiger partial charge in [-0.3, -0.25) is 0 Å². The van der Waals surface area contributed by atoms with E-state index in [0.29, 0.717) is 0 Å². The first-order valence-corrected chi connectivity index (χ1v) is 3.96. The van der Waals surface area contributed by atoms with Crippen LogP contribution in [0.15, 0.2) is 0 Å². The smallest absolute Gasteiger partial charge is 0.343 e. The van der Waals surface area contributed by atoms with Crippen LogP contribution in [-0.4, -0.2) is 18.2 Å². The summed E-state index contributed by atoms with van der Waals surface area (Å²) in [6, 6.07) is 0. The van der Waals surface area contributed by atoms with Crippen LogP contribution in [0.25, 0.3) is 0 Å². The number of ether oxygens (including phenoxy) is 1. The Labute approximate surface area is 66.7 Å². The van der Waals surface area contributed by atoms with Gasteiger partial charge in [0.1, 0.15) is 0 Å². The maximum absolute atomic E-state index is 13.4. The number of rotatable bonds is 4. The third-order valence-corrected chi connectivity index (χ3v) is 1.76. The Morgan fingerprint density at radius 1 is 1.36 bits per heavy atom. The van der Waals surface area contributed by atoms with Gasteiger partial charge in [-0.05, 0) is 19.8 Å². The molecule has 11 heavy (non-hydrogen) atoms. The fourth-order valence-electron chi connectivity index (χ4n) is 0.799. The second-order valence-electron chi connectivity index (χ2n) is 2.39. The molecule has 0 saturated carbocycles. The molecule has 0 atom stereocenters. The van der Waals surface area contributed by atoms with Crippen molar-refractivity contribution in [2.75, 3.05) is 6.61 Å². The highest BCUT2D eigenvalue weighted by Crippen LogP contribution is 2.21. The number of hydrogen-bond acceptors (Lipinski definition) is 2. The average molecular weight is 162 g/mol. The molecule has 0 bridgehead atoms. The summed E-state index contributed by atoms with van der Waals surface area (Å²) < 4.78 is 17.9. The molecule has 0 heterocycles. The van der Waals surface area contributed by atoms with Crippen molar-refractivity contribution in [3.63, 3.8) is 0 Å². The molecule has 66 valence electrons. The van der Waals surface area contributed by atoms with E-state index in [-0.39, 0.29) is 19.4 Å². The van der Waals surface area contributed by atoms with Gasteiger partial charge in [-0.15, -0.1) is 0 Å². The van der Waals surface area contributed by atoms with E-state index in [1.54, 1.807) is 20.8 Å². The van der Waals surface area contributed by atoms with Crippen LogP contribution in [0.3, 0.4) is 0 Å². The summed E-state index contributed by atoms with van der Waals surface area (Å²) in [5.74, 6) is -0.731. The standard InChI is InChI=1S/C8H15FO2/c1-4-8(9,5-2)7(10)11-6-3/h4-6H2,1-3H3. The van der Waals surface area contributed by atoms with Gasteiger partial charge in [0.2, 0.25) is 5.67 Å². The van der Waals surface area contributed by atoms with E-state index in [4.69, 9.17) is 0 Å². The Morgan fingerprint density at radius 3 is 2.09 bits per heavy atom. The predicted octanol–water partition coefficient (Wildman–Crippen LogP) is 2.08. The molecule has 0 spiro atoms. The molecule has 0 unspecified atom stereocenters. The van der Waals surface area contributed by atoms with Crippen LogP contribution in [0.1, 0.15) is 33.6 Å². The van der Waals surface area contributed by atoms with Gasteiger partial charge in [0, 0.05) is 0 Å². The van der Waals surface area contributed by atoms with Gasteiger partial charge in [-0.25, -0.2) is 9.18 Å². The van der Waals surface area contributed by atoms with Crippen molar-refractivity contribution >= 4 is 5.97 Å². The minimum atomic E-state index is -1.77. The lowest BCUT2D eigenvalue weighted by molar-refractivity contribution is -0.157.